The maximum Gasteiger partial charge on any atom is 0.350 e. The van der Waals surface area contributed by atoms with Gasteiger partial charge in [0.05, 0.1) is 37.0 Å². The second-order valence-electron chi connectivity index (χ2n) is 12.1. The number of benzene rings is 3. The summed E-state index contributed by atoms with van der Waals surface area (Å²) in [5, 5.41) is 9.49. The Morgan fingerprint density at radius 2 is 1.72 bits per heavy atom. The van der Waals surface area contributed by atoms with E-state index < -0.39 is 34.8 Å². The van der Waals surface area contributed by atoms with E-state index in [1.54, 1.807) is 12.1 Å². The number of methoxy groups -OCH3 is 1. The lowest BCUT2D eigenvalue weighted by atomic mass is 9.94. The molecule has 0 amide bonds. The fourth-order valence-electron chi connectivity index (χ4n) is 6.04. The van der Waals surface area contributed by atoms with Gasteiger partial charge in [-0.1, -0.05) is 43.2 Å². The minimum Gasteiger partial charge on any atom is -0.485 e. The average molecular weight is 683 g/mol. The number of carbonyl (C=O) groups is 1. The molecule has 10 nitrogen and oxygen atoms in total. The second-order valence-corrected chi connectivity index (χ2v) is 12.1. The molecular formula is C38H36F2N4O6. The molecule has 1 aliphatic heterocycles. The highest BCUT2D eigenvalue weighted by molar-refractivity contribution is 6.02. The van der Waals surface area contributed by atoms with E-state index in [1.807, 2.05) is 48.3 Å². The minimum atomic E-state index is -1.21. The Kier molecular flexibility index (Phi) is 10.4. The van der Waals surface area contributed by atoms with Crippen LogP contribution in [0.2, 0.25) is 0 Å². The lowest BCUT2D eigenvalue weighted by Gasteiger charge is -2.31. The van der Waals surface area contributed by atoms with Gasteiger partial charge < -0.3 is 28.6 Å². The molecule has 0 spiro atoms. The smallest absolute Gasteiger partial charge is 0.350 e. The van der Waals surface area contributed by atoms with Crippen molar-refractivity contribution in [3.05, 3.63) is 101 Å². The van der Waals surface area contributed by atoms with Gasteiger partial charge in [0.25, 0.3) is 5.88 Å². The van der Waals surface area contributed by atoms with E-state index in [1.165, 1.54) is 31.4 Å². The summed E-state index contributed by atoms with van der Waals surface area (Å²) in [5.41, 5.74) is 0.366. The highest BCUT2D eigenvalue weighted by Gasteiger charge is 2.42. The van der Waals surface area contributed by atoms with Gasteiger partial charge in [-0.2, -0.15) is 9.65 Å². The zero-order valence-corrected chi connectivity index (χ0v) is 27.8. The van der Waals surface area contributed by atoms with Gasteiger partial charge in [0.1, 0.15) is 23.9 Å². The van der Waals surface area contributed by atoms with Crippen LogP contribution in [0.1, 0.15) is 55.2 Å². The number of carbonyl (C=O) groups excluding carboxylic acids is 1. The largest absolute Gasteiger partial charge is 0.485 e. The van der Waals surface area contributed by atoms with Crippen LogP contribution in [-0.2, 0) is 16.1 Å². The van der Waals surface area contributed by atoms with Crippen molar-refractivity contribution in [3.63, 3.8) is 0 Å². The molecule has 1 aliphatic carbocycles. The third-order valence-corrected chi connectivity index (χ3v) is 8.66. The summed E-state index contributed by atoms with van der Waals surface area (Å²) < 4.78 is 60.6. The summed E-state index contributed by atoms with van der Waals surface area (Å²) in [6.45, 7) is 1.31. The van der Waals surface area contributed by atoms with Crippen LogP contribution in [0.5, 0.6) is 34.6 Å². The van der Waals surface area contributed by atoms with Crippen molar-refractivity contribution >= 4 is 11.8 Å². The number of rotatable bonds is 11. The predicted octanol–water partition coefficient (Wildman–Crippen LogP) is 7.73. The highest BCUT2D eigenvalue weighted by Crippen LogP contribution is 2.40. The number of pyridine rings is 1. The first-order chi connectivity index (χ1) is 24.3. The molecule has 1 aromatic heterocycles. The number of aromatic nitrogens is 1. The quantitative estimate of drug-likeness (QED) is 0.116. The Labute approximate surface area is 288 Å². The Morgan fingerprint density at radius 1 is 0.960 bits per heavy atom. The summed E-state index contributed by atoms with van der Waals surface area (Å²) in [5.74, 6) is -2.87. The predicted molar refractivity (Wildman–Crippen MR) is 180 cm³/mol. The Balaban J connectivity index is 1.32. The first-order valence-corrected chi connectivity index (χ1v) is 16.4. The number of amidine groups is 1. The third kappa shape index (κ3) is 7.47. The van der Waals surface area contributed by atoms with Crippen LogP contribution in [0.4, 0.5) is 8.78 Å². The van der Waals surface area contributed by atoms with Crippen molar-refractivity contribution in [2.24, 2.45) is 4.99 Å². The van der Waals surface area contributed by atoms with Gasteiger partial charge in [-0.15, -0.1) is 0 Å². The van der Waals surface area contributed by atoms with Gasteiger partial charge in [-0.3, -0.25) is 4.99 Å². The van der Waals surface area contributed by atoms with Crippen LogP contribution < -0.4 is 18.9 Å². The van der Waals surface area contributed by atoms with Gasteiger partial charge in [0, 0.05) is 19.7 Å². The zero-order valence-electron chi connectivity index (χ0n) is 27.8. The molecule has 0 unspecified atom stereocenters. The van der Waals surface area contributed by atoms with E-state index in [-0.39, 0.29) is 29.4 Å². The van der Waals surface area contributed by atoms with Crippen LogP contribution >= 0.6 is 0 Å². The van der Waals surface area contributed by atoms with E-state index in [2.05, 4.69) is 9.98 Å². The zero-order chi connectivity index (χ0) is 35.1. The number of hydrogen-bond donors (Lipinski definition) is 0. The van der Waals surface area contributed by atoms with Gasteiger partial charge in [0.2, 0.25) is 17.2 Å². The molecule has 1 fully saturated rings. The monoisotopic (exact) mass is 682 g/mol. The highest BCUT2D eigenvalue weighted by atomic mass is 19.1. The van der Waals surface area contributed by atoms with E-state index >= 15 is 8.78 Å². The van der Waals surface area contributed by atoms with Crippen molar-refractivity contribution in [1.29, 1.82) is 5.26 Å². The summed E-state index contributed by atoms with van der Waals surface area (Å²) in [4.78, 5) is 23.3. The number of aliphatic imine (C=N–C) groups is 1. The molecule has 3 aromatic carbocycles. The molecule has 6 rings (SSSR count). The molecule has 0 saturated heterocycles. The van der Waals surface area contributed by atoms with Crippen molar-refractivity contribution in [2.45, 2.75) is 50.7 Å². The van der Waals surface area contributed by atoms with Crippen molar-refractivity contribution in [2.75, 3.05) is 27.2 Å². The van der Waals surface area contributed by atoms with Crippen LogP contribution in [-0.4, -0.2) is 54.5 Å². The van der Waals surface area contributed by atoms with Gasteiger partial charge in [-0.05, 0) is 61.6 Å². The normalized spacial score (nSPS) is 15.3. The number of esters is 1. The van der Waals surface area contributed by atoms with Crippen LogP contribution in [0, 0.1) is 23.0 Å². The second kappa shape index (κ2) is 15.2. The van der Waals surface area contributed by atoms with E-state index in [0.717, 1.165) is 37.4 Å². The molecule has 0 radical (unpaired) electrons. The number of halogens is 2. The Hall–Kier alpha value is -5.70. The maximum absolute atomic E-state index is 16.1. The number of nitrogens with zero attached hydrogens (tertiary/aromatic N) is 4. The number of likely N-dealkylation sites (N-methyl/N-ethyl adjacent to an activating group) is 1. The lowest BCUT2D eigenvalue weighted by Crippen LogP contribution is -2.45. The summed E-state index contributed by atoms with van der Waals surface area (Å²) in [7, 11) is 3.19. The minimum absolute atomic E-state index is 0.00566. The SMILES string of the molecule is COC(=O)C1(Oc2ccc(Oc3c(F)cnc(Oc4cc(C#N)ccc4OCc4ccccc4)c3F)c(C3=NCCN3C)c2)CCCCCC1. The van der Waals surface area contributed by atoms with Crippen molar-refractivity contribution in [1.82, 2.24) is 9.88 Å². The molecule has 0 N–H and O–H groups in total. The van der Waals surface area contributed by atoms with Gasteiger partial charge in [0.15, 0.2) is 17.3 Å². The number of nitriles is 1. The average Bonchev–Trinajstić information content (AvgIpc) is 3.42. The molecule has 2 aliphatic rings. The maximum atomic E-state index is 16.1. The van der Waals surface area contributed by atoms with E-state index in [9.17, 15) is 10.1 Å². The van der Waals surface area contributed by atoms with Crippen molar-refractivity contribution in [3.8, 4) is 40.7 Å². The van der Waals surface area contributed by atoms with Gasteiger partial charge >= 0.3 is 5.97 Å². The first-order valence-electron chi connectivity index (χ1n) is 16.4. The van der Waals surface area contributed by atoms with Crippen LogP contribution in [0.25, 0.3) is 0 Å². The molecule has 2 heterocycles. The van der Waals surface area contributed by atoms with Gasteiger partial charge in [-0.25, -0.2) is 14.2 Å². The molecule has 258 valence electrons. The number of ether oxygens (including phenoxy) is 5. The first kappa shape index (κ1) is 34.2. The molecule has 1 saturated carbocycles. The third-order valence-electron chi connectivity index (χ3n) is 8.66. The topological polar surface area (TPSA) is 116 Å². The fraction of sp³-hybridized carbons (Fsp3) is 0.316. The number of hydrogen-bond acceptors (Lipinski definition) is 10. The van der Waals surface area contributed by atoms with E-state index in [0.29, 0.717) is 43.1 Å². The molecule has 0 atom stereocenters. The Bertz CT molecular complexity index is 1920. The molecule has 0 bridgehead atoms. The Morgan fingerprint density at radius 3 is 2.42 bits per heavy atom. The summed E-state index contributed by atoms with van der Waals surface area (Å²) in [6.07, 6.45) is 5.39. The van der Waals surface area contributed by atoms with Crippen LogP contribution in [0.3, 0.4) is 0 Å². The van der Waals surface area contributed by atoms with E-state index in [4.69, 9.17) is 23.7 Å². The van der Waals surface area contributed by atoms with Crippen LogP contribution in [0.15, 0.2) is 77.9 Å². The molecule has 12 heteroatoms. The molecular weight excluding hydrogens is 646 g/mol. The standard InChI is InChI=1S/C38H36F2N4O6/c1-44-19-18-42-35(44)28-21-27(50-38(37(45)46-2)16-8-3-4-9-17-38)13-15-30(28)48-34-29(39)23-43-36(33(34)40)49-32-20-26(22-41)12-14-31(32)47-24-25-10-6-5-7-11-25/h5-7,10-15,20-21,23H,3-4,8-9,16-19,24H2,1-2H3. The molecule has 50 heavy (non-hydrogen) atoms. The fourth-order valence-corrected chi connectivity index (χ4v) is 6.04. The summed E-state index contributed by atoms with van der Waals surface area (Å²) >= 11 is 0. The summed E-state index contributed by atoms with van der Waals surface area (Å²) in [6, 6.07) is 20.6. The molecule has 4 aromatic rings. The van der Waals surface area contributed by atoms with Crippen molar-refractivity contribution < 1.29 is 37.3 Å². The lowest BCUT2D eigenvalue weighted by molar-refractivity contribution is -0.160.